The molecule has 0 spiro atoms. The second-order valence-corrected chi connectivity index (χ2v) is 4.19. The van der Waals surface area contributed by atoms with Gasteiger partial charge in [0.1, 0.15) is 12.0 Å². The molecular formula is C11H12ClNO2. The van der Waals surface area contributed by atoms with E-state index in [0.717, 1.165) is 11.1 Å². The van der Waals surface area contributed by atoms with Gasteiger partial charge in [0, 0.05) is 0 Å². The maximum Gasteiger partial charge on any atom is 0.264 e. The molecule has 0 bridgehead atoms. The summed E-state index contributed by atoms with van der Waals surface area (Å²) in [5.74, 6) is -0.189. The number of fused-ring (bicyclic) bond motifs is 1. The zero-order chi connectivity index (χ0) is 10.8. The molecule has 1 aliphatic rings. The number of rotatable bonds is 1. The Kier molecular flexibility index (Phi) is 2.93. The normalized spacial score (nSPS) is 17.1. The highest BCUT2D eigenvalue weighted by molar-refractivity contribution is 6.30. The van der Waals surface area contributed by atoms with E-state index < -0.39 is 5.38 Å². The molecule has 1 unspecified atom stereocenters. The smallest absolute Gasteiger partial charge is 0.264 e. The predicted molar refractivity (Wildman–Crippen MR) is 57.1 cm³/mol. The van der Waals surface area contributed by atoms with Crippen molar-refractivity contribution in [3.63, 3.8) is 0 Å². The monoisotopic (exact) mass is 225 g/mol. The van der Waals surface area contributed by atoms with E-state index in [4.69, 9.17) is 16.4 Å². The summed E-state index contributed by atoms with van der Waals surface area (Å²) in [6.45, 7) is 2.56. The van der Waals surface area contributed by atoms with Crippen molar-refractivity contribution in [3.8, 4) is 0 Å². The minimum Gasteiger partial charge on any atom is -0.271 e. The third-order valence-electron chi connectivity index (χ3n) is 2.39. The molecule has 0 fully saturated rings. The van der Waals surface area contributed by atoms with Crippen molar-refractivity contribution in [1.82, 2.24) is 5.06 Å². The van der Waals surface area contributed by atoms with E-state index in [1.165, 1.54) is 5.06 Å². The fourth-order valence-corrected chi connectivity index (χ4v) is 1.65. The van der Waals surface area contributed by atoms with Crippen molar-refractivity contribution in [1.29, 1.82) is 0 Å². The van der Waals surface area contributed by atoms with Crippen LogP contribution in [-0.2, 0) is 22.8 Å². The molecule has 0 aromatic heterocycles. The van der Waals surface area contributed by atoms with Gasteiger partial charge in [-0.25, -0.2) is 5.06 Å². The summed E-state index contributed by atoms with van der Waals surface area (Å²) < 4.78 is 0. The van der Waals surface area contributed by atoms with Crippen LogP contribution in [0, 0.1) is 0 Å². The molecule has 0 aliphatic carbocycles. The fourth-order valence-electron chi connectivity index (χ4n) is 1.54. The van der Waals surface area contributed by atoms with Crippen LogP contribution in [0.1, 0.15) is 18.1 Å². The van der Waals surface area contributed by atoms with Crippen LogP contribution in [0.15, 0.2) is 24.3 Å². The van der Waals surface area contributed by atoms with Gasteiger partial charge in [-0.1, -0.05) is 24.3 Å². The van der Waals surface area contributed by atoms with Crippen molar-refractivity contribution in [2.75, 3.05) is 0 Å². The van der Waals surface area contributed by atoms with E-state index in [2.05, 4.69) is 0 Å². The molecule has 1 aromatic carbocycles. The standard InChI is InChI=1S/C11H12ClNO2/c1-8(12)11(14)13-6-9-4-2-3-5-10(9)7-15-13/h2-5,8H,6-7H2,1H3. The number of alkyl halides is 1. The molecule has 15 heavy (non-hydrogen) atoms. The predicted octanol–water partition coefficient (Wildman–Crippen LogP) is 2.09. The first-order valence-corrected chi connectivity index (χ1v) is 5.27. The zero-order valence-electron chi connectivity index (χ0n) is 8.44. The Balaban J connectivity index is 2.15. The topological polar surface area (TPSA) is 29.5 Å². The van der Waals surface area contributed by atoms with E-state index >= 15 is 0 Å². The quantitative estimate of drug-likeness (QED) is 0.685. The highest BCUT2D eigenvalue weighted by Gasteiger charge is 2.24. The Morgan fingerprint density at radius 3 is 2.80 bits per heavy atom. The molecule has 1 heterocycles. The lowest BCUT2D eigenvalue weighted by Crippen LogP contribution is -2.37. The first kappa shape index (κ1) is 10.5. The summed E-state index contributed by atoms with van der Waals surface area (Å²) in [5.41, 5.74) is 2.25. The molecule has 2 rings (SSSR count). The maximum absolute atomic E-state index is 11.6. The van der Waals surface area contributed by atoms with Crippen LogP contribution in [0.5, 0.6) is 0 Å². The van der Waals surface area contributed by atoms with Crippen molar-refractivity contribution in [3.05, 3.63) is 35.4 Å². The van der Waals surface area contributed by atoms with Gasteiger partial charge in [-0.2, -0.15) is 0 Å². The largest absolute Gasteiger partial charge is 0.271 e. The van der Waals surface area contributed by atoms with Crippen LogP contribution in [0.3, 0.4) is 0 Å². The number of carbonyl (C=O) groups is 1. The van der Waals surface area contributed by atoms with Crippen LogP contribution in [0.25, 0.3) is 0 Å². The first-order chi connectivity index (χ1) is 7.18. The van der Waals surface area contributed by atoms with E-state index in [1.54, 1.807) is 6.92 Å². The number of hydroxylamine groups is 2. The Bertz CT molecular complexity index is 379. The number of nitrogens with zero attached hydrogens (tertiary/aromatic N) is 1. The molecule has 1 atom stereocenters. The van der Waals surface area contributed by atoms with Gasteiger partial charge >= 0.3 is 0 Å². The first-order valence-electron chi connectivity index (χ1n) is 4.83. The van der Waals surface area contributed by atoms with Crippen LogP contribution in [0.2, 0.25) is 0 Å². The Labute approximate surface area is 93.5 Å². The summed E-state index contributed by atoms with van der Waals surface area (Å²) in [5, 5.41) is 0.787. The highest BCUT2D eigenvalue weighted by Crippen LogP contribution is 2.20. The van der Waals surface area contributed by atoms with E-state index in [0.29, 0.717) is 13.2 Å². The summed E-state index contributed by atoms with van der Waals surface area (Å²) in [4.78, 5) is 16.9. The number of carbonyl (C=O) groups excluding carboxylic acids is 1. The highest BCUT2D eigenvalue weighted by atomic mass is 35.5. The van der Waals surface area contributed by atoms with Crippen LogP contribution >= 0.6 is 11.6 Å². The second-order valence-electron chi connectivity index (χ2n) is 3.53. The summed E-state index contributed by atoms with van der Waals surface area (Å²) in [7, 11) is 0. The average Bonchev–Trinajstić information content (AvgIpc) is 2.27. The average molecular weight is 226 g/mol. The van der Waals surface area contributed by atoms with Crippen molar-refractivity contribution < 1.29 is 9.63 Å². The lowest BCUT2D eigenvalue weighted by Gasteiger charge is -2.28. The molecule has 3 nitrogen and oxygen atoms in total. The van der Waals surface area contributed by atoms with Gasteiger partial charge in [-0.05, 0) is 18.1 Å². The van der Waals surface area contributed by atoms with Gasteiger partial charge in [-0.15, -0.1) is 11.6 Å². The van der Waals surface area contributed by atoms with Gasteiger partial charge in [-0.3, -0.25) is 9.63 Å². The van der Waals surface area contributed by atoms with Crippen LogP contribution in [0.4, 0.5) is 0 Å². The zero-order valence-corrected chi connectivity index (χ0v) is 9.20. The van der Waals surface area contributed by atoms with E-state index in [9.17, 15) is 4.79 Å². The van der Waals surface area contributed by atoms with Crippen molar-refractivity contribution in [2.24, 2.45) is 0 Å². The van der Waals surface area contributed by atoms with Gasteiger partial charge in [0.25, 0.3) is 5.91 Å². The van der Waals surface area contributed by atoms with Gasteiger partial charge in [0.05, 0.1) is 6.54 Å². The van der Waals surface area contributed by atoms with Crippen molar-refractivity contribution in [2.45, 2.75) is 25.5 Å². The minimum absolute atomic E-state index is 0.189. The van der Waals surface area contributed by atoms with Gasteiger partial charge in [0.15, 0.2) is 0 Å². The molecule has 1 amide bonds. The van der Waals surface area contributed by atoms with Crippen molar-refractivity contribution >= 4 is 17.5 Å². The Morgan fingerprint density at radius 1 is 1.47 bits per heavy atom. The second kappa shape index (κ2) is 4.21. The number of hydrogen-bond acceptors (Lipinski definition) is 2. The number of halogens is 1. The SMILES string of the molecule is CC(Cl)C(=O)N1Cc2ccccc2CO1. The van der Waals surface area contributed by atoms with E-state index in [-0.39, 0.29) is 5.91 Å². The molecule has 0 saturated heterocycles. The Morgan fingerprint density at radius 2 is 2.13 bits per heavy atom. The third kappa shape index (κ3) is 2.13. The molecule has 1 aromatic rings. The molecule has 0 radical (unpaired) electrons. The number of hydrogen-bond donors (Lipinski definition) is 0. The summed E-state index contributed by atoms with van der Waals surface area (Å²) in [6.07, 6.45) is 0. The molecule has 0 N–H and O–H groups in total. The lowest BCUT2D eigenvalue weighted by atomic mass is 10.1. The summed E-state index contributed by atoms with van der Waals surface area (Å²) in [6, 6.07) is 7.92. The number of benzene rings is 1. The molecule has 1 aliphatic heterocycles. The maximum atomic E-state index is 11.6. The summed E-state index contributed by atoms with van der Waals surface area (Å²) >= 11 is 5.72. The molecular weight excluding hydrogens is 214 g/mol. The lowest BCUT2D eigenvalue weighted by molar-refractivity contribution is -0.200. The molecule has 4 heteroatoms. The number of amides is 1. The molecule has 80 valence electrons. The third-order valence-corrected chi connectivity index (χ3v) is 2.58. The fraction of sp³-hybridized carbons (Fsp3) is 0.364. The van der Waals surface area contributed by atoms with E-state index in [1.807, 2.05) is 24.3 Å². The van der Waals surface area contributed by atoms with Crippen LogP contribution < -0.4 is 0 Å². The minimum atomic E-state index is -0.546. The molecule has 0 saturated carbocycles. The van der Waals surface area contributed by atoms with Gasteiger partial charge in [0.2, 0.25) is 0 Å². The van der Waals surface area contributed by atoms with Crippen LogP contribution in [-0.4, -0.2) is 16.3 Å². The van der Waals surface area contributed by atoms with Gasteiger partial charge < -0.3 is 0 Å². The Hall–Kier alpha value is -1.06.